The molecule has 0 aromatic heterocycles. The highest BCUT2D eigenvalue weighted by Crippen LogP contribution is 2.23. The first-order valence-electron chi connectivity index (χ1n) is 6.41. The molecule has 1 aliphatic rings. The van der Waals surface area contributed by atoms with Crippen LogP contribution in [-0.4, -0.2) is 18.4 Å². The SMILES string of the molecule is CCCCCNC(=O)c1ccc2c(c1)NC(=O)C2. The van der Waals surface area contributed by atoms with Crippen molar-refractivity contribution in [2.45, 2.75) is 32.6 Å². The summed E-state index contributed by atoms with van der Waals surface area (Å²) in [5.41, 5.74) is 2.33. The zero-order valence-corrected chi connectivity index (χ0v) is 10.6. The fourth-order valence-corrected chi connectivity index (χ4v) is 2.03. The van der Waals surface area contributed by atoms with Crippen LogP contribution in [0.25, 0.3) is 0 Å². The highest BCUT2D eigenvalue weighted by Gasteiger charge is 2.18. The monoisotopic (exact) mass is 246 g/mol. The van der Waals surface area contributed by atoms with E-state index in [0.717, 1.165) is 30.5 Å². The van der Waals surface area contributed by atoms with Crippen LogP contribution in [0.5, 0.6) is 0 Å². The number of hydrogen-bond donors (Lipinski definition) is 2. The lowest BCUT2D eigenvalue weighted by Crippen LogP contribution is -2.24. The Bertz CT molecular complexity index is 469. The van der Waals surface area contributed by atoms with Gasteiger partial charge in [-0.3, -0.25) is 9.59 Å². The summed E-state index contributed by atoms with van der Waals surface area (Å²) in [7, 11) is 0. The molecule has 2 N–H and O–H groups in total. The largest absolute Gasteiger partial charge is 0.352 e. The van der Waals surface area contributed by atoms with Crippen LogP contribution in [0.3, 0.4) is 0 Å². The van der Waals surface area contributed by atoms with Gasteiger partial charge in [0.25, 0.3) is 5.91 Å². The van der Waals surface area contributed by atoms with E-state index in [1.165, 1.54) is 0 Å². The number of anilines is 1. The Balaban J connectivity index is 1.95. The van der Waals surface area contributed by atoms with Gasteiger partial charge in [-0.25, -0.2) is 0 Å². The summed E-state index contributed by atoms with van der Waals surface area (Å²) in [5.74, 6) is -0.0828. The number of hydrogen-bond acceptors (Lipinski definition) is 2. The second-order valence-corrected chi connectivity index (χ2v) is 4.56. The molecule has 2 rings (SSSR count). The molecule has 0 saturated heterocycles. The minimum Gasteiger partial charge on any atom is -0.352 e. The average Bonchev–Trinajstić information content (AvgIpc) is 2.73. The highest BCUT2D eigenvalue weighted by molar-refractivity contribution is 6.02. The molecule has 2 amide bonds. The molecule has 0 atom stereocenters. The maximum absolute atomic E-state index is 11.9. The molecule has 4 nitrogen and oxygen atoms in total. The van der Waals surface area contributed by atoms with E-state index in [0.29, 0.717) is 18.5 Å². The lowest BCUT2D eigenvalue weighted by Gasteiger charge is -2.06. The molecule has 0 fully saturated rings. The number of carbonyl (C=O) groups excluding carboxylic acids is 2. The van der Waals surface area contributed by atoms with E-state index in [1.54, 1.807) is 12.1 Å². The van der Waals surface area contributed by atoms with Crippen molar-refractivity contribution in [1.29, 1.82) is 0 Å². The topological polar surface area (TPSA) is 58.2 Å². The minimum atomic E-state index is -0.0740. The number of carbonyl (C=O) groups is 2. The number of rotatable bonds is 5. The van der Waals surface area contributed by atoms with Crippen molar-refractivity contribution in [2.75, 3.05) is 11.9 Å². The second kappa shape index (κ2) is 5.67. The molecule has 1 aromatic carbocycles. The second-order valence-electron chi connectivity index (χ2n) is 4.56. The van der Waals surface area contributed by atoms with E-state index in [2.05, 4.69) is 17.6 Å². The van der Waals surface area contributed by atoms with Crippen molar-refractivity contribution in [3.8, 4) is 0 Å². The zero-order chi connectivity index (χ0) is 13.0. The van der Waals surface area contributed by atoms with Gasteiger partial charge in [0, 0.05) is 17.8 Å². The molecule has 4 heteroatoms. The van der Waals surface area contributed by atoms with E-state index >= 15 is 0 Å². The Labute approximate surface area is 107 Å². The molecule has 1 heterocycles. The van der Waals surface area contributed by atoms with Gasteiger partial charge < -0.3 is 10.6 Å². The molecule has 0 bridgehead atoms. The molecule has 1 aromatic rings. The highest BCUT2D eigenvalue weighted by atomic mass is 16.2. The standard InChI is InChI=1S/C14H18N2O2/c1-2-3-4-7-15-14(18)11-6-5-10-9-13(17)16-12(10)8-11/h5-6,8H,2-4,7,9H2,1H3,(H,15,18)(H,16,17). The van der Waals surface area contributed by atoms with Crippen molar-refractivity contribution in [3.63, 3.8) is 0 Å². The predicted octanol–water partition coefficient (Wildman–Crippen LogP) is 2.10. The van der Waals surface area contributed by atoms with Crippen LogP contribution in [-0.2, 0) is 11.2 Å². The van der Waals surface area contributed by atoms with E-state index in [9.17, 15) is 9.59 Å². The van der Waals surface area contributed by atoms with Gasteiger partial charge in [0.2, 0.25) is 5.91 Å². The molecule has 0 unspecified atom stereocenters. The first-order valence-corrected chi connectivity index (χ1v) is 6.41. The molecule has 0 radical (unpaired) electrons. The van der Waals surface area contributed by atoms with Crippen LogP contribution >= 0.6 is 0 Å². The van der Waals surface area contributed by atoms with Crippen LogP contribution in [0.1, 0.15) is 42.1 Å². The van der Waals surface area contributed by atoms with Gasteiger partial charge >= 0.3 is 0 Å². The summed E-state index contributed by atoms with van der Waals surface area (Å²) >= 11 is 0. The van der Waals surface area contributed by atoms with E-state index < -0.39 is 0 Å². The van der Waals surface area contributed by atoms with Gasteiger partial charge in [-0.15, -0.1) is 0 Å². The van der Waals surface area contributed by atoms with Crippen molar-refractivity contribution >= 4 is 17.5 Å². The van der Waals surface area contributed by atoms with Crippen LogP contribution in [0, 0.1) is 0 Å². The summed E-state index contributed by atoms with van der Waals surface area (Å²) in [5, 5.41) is 5.63. The Morgan fingerprint density at radius 2 is 2.22 bits per heavy atom. The van der Waals surface area contributed by atoms with Gasteiger partial charge in [-0.05, 0) is 24.1 Å². The smallest absolute Gasteiger partial charge is 0.251 e. The summed E-state index contributed by atoms with van der Waals surface area (Å²) in [6, 6.07) is 5.36. The van der Waals surface area contributed by atoms with E-state index in [1.807, 2.05) is 6.07 Å². The van der Waals surface area contributed by atoms with Gasteiger partial charge in [-0.1, -0.05) is 25.8 Å². The lowest BCUT2D eigenvalue weighted by atomic mass is 10.1. The Morgan fingerprint density at radius 1 is 1.39 bits per heavy atom. The summed E-state index contributed by atoms with van der Waals surface area (Å²) < 4.78 is 0. The third-order valence-electron chi connectivity index (χ3n) is 3.06. The van der Waals surface area contributed by atoms with Crippen molar-refractivity contribution < 1.29 is 9.59 Å². The Hall–Kier alpha value is -1.84. The third kappa shape index (κ3) is 2.88. The third-order valence-corrected chi connectivity index (χ3v) is 3.06. The molecule has 18 heavy (non-hydrogen) atoms. The molecule has 96 valence electrons. The van der Waals surface area contributed by atoms with Gasteiger partial charge in [0.05, 0.1) is 6.42 Å². The number of unbranched alkanes of at least 4 members (excludes halogenated alkanes) is 2. The van der Waals surface area contributed by atoms with Gasteiger partial charge in [-0.2, -0.15) is 0 Å². The first-order chi connectivity index (χ1) is 8.70. The zero-order valence-electron chi connectivity index (χ0n) is 10.6. The number of fused-ring (bicyclic) bond motifs is 1. The first kappa shape index (κ1) is 12.6. The molecule has 0 saturated carbocycles. The van der Waals surface area contributed by atoms with Crippen molar-refractivity contribution in [1.82, 2.24) is 5.32 Å². The average molecular weight is 246 g/mol. The fraction of sp³-hybridized carbons (Fsp3) is 0.429. The number of amides is 2. The number of benzene rings is 1. The fourth-order valence-electron chi connectivity index (χ4n) is 2.03. The predicted molar refractivity (Wildman–Crippen MR) is 70.6 cm³/mol. The van der Waals surface area contributed by atoms with Crippen LogP contribution < -0.4 is 10.6 Å². The quantitative estimate of drug-likeness (QED) is 0.782. The summed E-state index contributed by atoms with van der Waals surface area (Å²) in [6.45, 7) is 2.83. The van der Waals surface area contributed by atoms with E-state index in [-0.39, 0.29) is 11.8 Å². The molecular weight excluding hydrogens is 228 g/mol. The lowest BCUT2D eigenvalue weighted by molar-refractivity contribution is -0.115. The normalized spacial score (nSPS) is 13.1. The van der Waals surface area contributed by atoms with Crippen LogP contribution in [0.15, 0.2) is 18.2 Å². The molecule has 0 spiro atoms. The maximum Gasteiger partial charge on any atom is 0.251 e. The number of nitrogens with one attached hydrogen (secondary N) is 2. The van der Waals surface area contributed by atoms with Gasteiger partial charge in [0.1, 0.15) is 0 Å². The van der Waals surface area contributed by atoms with Crippen LogP contribution in [0.4, 0.5) is 5.69 Å². The molecular formula is C14H18N2O2. The maximum atomic E-state index is 11.9. The Kier molecular flexibility index (Phi) is 3.97. The van der Waals surface area contributed by atoms with Crippen molar-refractivity contribution in [2.24, 2.45) is 0 Å². The summed E-state index contributed by atoms with van der Waals surface area (Å²) in [6.07, 6.45) is 3.68. The Morgan fingerprint density at radius 3 is 3.00 bits per heavy atom. The van der Waals surface area contributed by atoms with Crippen LogP contribution in [0.2, 0.25) is 0 Å². The van der Waals surface area contributed by atoms with Gasteiger partial charge in [0.15, 0.2) is 0 Å². The van der Waals surface area contributed by atoms with Crippen molar-refractivity contribution in [3.05, 3.63) is 29.3 Å². The minimum absolute atomic E-state index is 0.00879. The molecule has 1 aliphatic heterocycles. The summed E-state index contributed by atoms with van der Waals surface area (Å²) in [4.78, 5) is 23.1. The van der Waals surface area contributed by atoms with E-state index in [4.69, 9.17) is 0 Å². The molecule has 0 aliphatic carbocycles.